The minimum Gasteiger partial charge on any atom is -0.460 e. The molecule has 5 nitrogen and oxygen atoms in total. The smallest absolute Gasteiger partial charge is 0.313 e. The highest BCUT2D eigenvalue weighted by Gasteiger charge is 2.26. The Kier molecular flexibility index (Phi) is 4.44. The fraction of sp³-hybridized carbons (Fsp3) is 0.818. The minimum atomic E-state index is -0.624. The van der Waals surface area contributed by atoms with Gasteiger partial charge in [0.05, 0.1) is 19.8 Å². The summed E-state index contributed by atoms with van der Waals surface area (Å²) in [6.07, 6.45) is -0.882. The molecule has 0 aromatic rings. The van der Waals surface area contributed by atoms with Crippen molar-refractivity contribution in [3.63, 3.8) is 0 Å². The Morgan fingerprint density at radius 1 is 1.31 bits per heavy atom. The van der Waals surface area contributed by atoms with Gasteiger partial charge in [0.2, 0.25) is 0 Å². The molecule has 0 aromatic heterocycles. The maximum atomic E-state index is 11.6. The highest BCUT2D eigenvalue weighted by atomic mass is 16.6. The molecular weight excluding hydrogens is 212 g/mol. The zero-order valence-corrected chi connectivity index (χ0v) is 9.95. The summed E-state index contributed by atoms with van der Waals surface area (Å²) in [6, 6.07) is 0. The van der Waals surface area contributed by atoms with Crippen LogP contribution >= 0.6 is 0 Å². The zero-order chi connectivity index (χ0) is 12.2. The number of carbonyl (C=O) groups is 2. The molecule has 1 atom stereocenters. The van der Waals surface area contributed by atoms with Gasteiger partial charge in [-0.25, -0.2) is 0 Å². The van der Waals surface area contributed by atoms with Crippen LogP contribution in [0.5, 0.6) is 0 Å². The standard InChI is InChI=1S/C11H18O5/c1-11(2,3)16-10(13)6-8(12)9-7-14-4-5-15-9/h9H,4-7H2,1-3H3. The van der Waals surface area contributed by atoms with Gasteiger partial charge in [-0.2, -0.15) is 0 Å². The van der Waals surface area contributed by atoms with Crippen LogP contribution in [0.1, 0.15) is 27.2 Å². The second kappa shape index (κ2) is 5.41. The first kappa shape index (κ1) is 13.1. The van der Waals surface area contributed by atoms with E-state index in [1.807, 2.05) is 0 Å². The molecule has 1 heterocycles. The van der Waals surface area contributed by atoms with Crippen molar-refractivity contribution in [3.8, 4) is 0 Å². The van der Waals surface area contributed by atoms with Gasteiger partial charge in [-0.1, -0.05) is 0 Å². The van der Waals surface area contributed by atoms with E-state index in [0.717, 1.165) is 0 Å². The first-order chi connectivity index (χ1) is 7.38. The van der Waals surface area contributed by atoms with Gasteiger partial charge in [-0.05, 0) is 20.8 Å². The number of hydrogen-bond acceptors (Lipinski definition) is 5. The monoisotopic (exact) mass is 230 g/mol. The fourth-order valence-corrected chi connectivity index (χ4v) is 1.31. The van der Waals surface area contributed by atoms with Crippen LogP contribution in [-0.4, -0.2) is 43.3 Å². The SMILES string of the molecule is CC(C)(C)OC(=O)CC(=O)C1COCCO1. The van der Waals surface area contributed by atoms with E-state index in [1.54, 1.807) is 20.8 Å². The van der Waals surface area contributed by atoms with Crippen LogP contribution < -0.4 is 0 Å². The quantitative estimate of drug-likeness (QED) is 0.527. The first-order valence-corrected chi connectivity index (χ1v) is 5.32. The topological polar surface area (TPSA) is 61.8 Å². The van der Waals surface area contributed by atoms with E-state index in [-0.39, 0.29) is 18.8 Å². The van der Waals surface area contributed by atoms with Crippen LogP contribution in [0.25, 0.3) is 0 Å². The fourth-order valence-electron chi connectivity index (χ4n) is 1.31. The third-order valence-electron chi connectivity index (χ3n) is 1.91. The number of rotatable bonds is 3. The van der Waals surface area contributed by atoms with E-state index in [1.165, 1.54) is 0 Å². The van der Waals surface area contributed by atoms with Gasteiger partial charge in [-0.3, -0.25) is 9.59 Å². The Balaban J connectivity index is 2.35. The number of esters is 1. The lowest BCUT2D eigenvalue weighted by atomic mass is 10.1. The van der Waals surface area contributed by atoms with Gasteiger partial charge in [0, 0.05) is 0 Å². The maximum Gasteiger partial charge on any atom is 0.313 e. The molecule has 0 aromatic carbocycles. The lowest BCUT2D eigenvalue weighted by Crippen LogP contribution is -2.37. The predicted octanol–water partition coefficient (Wildman–Crippen LogP) is 0.703. The van der Waals surface area contributed by atoms with Crippen molar-refractivity contribution in [2.45, 2.75) is 38.9 Å². The number of carbonyl (C=O) groups excluding carboxylic acids is 2. The number of Topliss-reactive ketones (excluding diaryl/α,β-unsaturated/α-hetero) is 1. The van der Waals surface area contributed by atoms with Crippen molar-refractivity contribution < 1.29 is 23.8 Å². The molecule has 1 aliphatic heterocycles. The molecule has 1 saturated heterocycles. The van der Waals surface area contributed by atoms with E-state index in [2.05, 4.69) is 0 Å². The van der Waals surface area contributed by atoms with Gasteiger partial charge in [0.25, 0.3) is 0 Å². The van der Waals surface area contributed by atoms with Crippen molar-refractivity contribution in [3.05, 3.63) is 0 Å². The highest BCUT2D eigenvalue weighted by molar-refractivity contribution is 5.98. The Morgan fingerprint density at radius 3 is 2.50 bits per heavy atom. The van der Waals surface area contributed by atoms with Crippen LogP contribution in [-0.2, 0) is 23.8 Å². The summed E-state index contributed by atoms with van der Waals surface area (Å²) in [5.74, 6) is -0.805. The molecule has 92 valence electrons. The van der Waals surface area contributed by atoms with Gasteiger partial charge in [0.1, 0.15) is 18.1 Å². The number of ketones is 1. The van der Waals surface area contributed by atoms with Gasteiger partial charge in [0.15, 0.2) is 5.78 Å². The summed E-state index contributed by atoms with van der Waals surface area (Å²) in [5, 5.41) is 0. The van der Waals surface area contributed by atoms with Crippen LogP contribution in [0.4, 0.5) is 0 Å². The molecule has 0 aliphatic carbocycles. The molecule has 0 bridgehead atoms. The van der Waals surface area contributed by atoms with Crippen molar-refractivity contribution >= 4 is 11.8 Å². The molecule has 0 radical (unpaired) electrons. The van der Waals surface area contributed by atoms with Crippen LogP contribution in [0.2, 0.25) is 0 Å². The second-order valence-electron chi connectivity index (χ2n) is 4.66. The van der Waals surface area contributed by atoms with E-state index in [0.29, 0.717) is 13.2 Å². The molecule has 1 rings (SSSR count). The molecular formula is C11H18O5. The summed E-state index contributed by atoms with van der Waals surface area (Å²) < 4.78 is 15.3. The molecule has 0 saturated carbocycles. The molecule has 1 fully saturated rings. The van der Waals surface area contributed by atoms with Gasteiger partial charge >= 0.3 is 5.97 Å². The average Bonchev–Trinajstić information content (AvgIpc) is 2.16. The highest BCUT2D eigenvalue weighted by Crippen LogP contribution is 2.10. The second-order valence-corrected chi connectivity index (χ2v) is 4.66. The maximum absolute atomic E-state index is 11.6. The third kappa shape index (κ3) is 4.72. The molecule has 0 spiro atoms. The Bertz CT molecular complexity index is 260. The molecule has 1 aliphatic rings. The van der Waals surface area contributed by atoms with E-state index >= 15 is 0 Å². The average molecular weight is 230 g/mol. The van der Waals surface area contributed by atoms with Crippen LogP contribution in [0.15, 0.2) is 0 Å². The molecule has 16 heavy (non-hydrogen) atoms. The van der Waals surface area contributed by atoms with Crippen molar-refractivity contribution in [1.29, 1.82) is 0 Å². The van der Waals surface area contributed by atoms with Crippen LogP contribution in [0, 0.1) is 0 Å². The lowest BCUT2D eigenvalue weighted by molar-refractivity contribution is -0.161. The van der Waals surface area contributed by atoms with Crippen molar-refractivity contribution in [2.24, 2.45) is 0 Å². The molecule has 0 N–H and O–H groups in total. The summed E-state index contributed by atoms with van der Waals surface area (Å²) in [7, 11) is 0. The molecule has 5 heteroatoms. The number of hydrogen-bond donors (Lipinski definition) is 0. The summed E-state index contributed by atoms with van der Waals surface area (Å²) in [5.41, 5.74) is -0.568. The van der Waals surface area contributed by atoms with E-state index < -0.39 is 17.7 Å². The predicted molar refractivity (Wildman–Crippen MR) is 56.0 cm³/mol. The van der Waals surface area contributed by atoms with E-state index in [9.17, 15) is 9.59 Å². The van der Waals surface area contributed by atoms with Gasteiger partial charge in [-0.15, -0.1) is 0 Å². The summed E-state index contributed by atoms with van der Waals surface area (Å²) in [6.45, 7) is 6.39. The third-order valence-corrected chi connectivity index (χ3v) is 1.91. The first-order valence-electron chi connectivity index (χ1n) is 5.32. The van der Waals surface area contributed by atoms with Crippen molar-refractivity contribution in [2.75, 3.05) is 19.8 Å². The number of ether oxygens (including phenoxy) is 3. The summed E-state index contributed by atoms with van der Waals surface area (Å²) in [4.78, 5) is 23.0. The minimum absolute atomic E-state index is 0.224. The summed E-state index contributed by atoms with van der Waals surface area (Å²) >= 11 is 0. The largest absolute Gasteiger partial charge is 0.460 e. The Labute approximate surface area is 95.0 Å². The normalized spacial score (nSPS) is 21.6. The zero-order valence-electron chi connectivity index (χ0n) is 9.95. The molecule has 1 unspecified atom stereocenters. The van der Waals surface area contributed by atoms with Gasteiger partial charge < -0.3 is 14.2 Å². The molecule has 0 amide bonds. The van der Waals surface area contributed by atoms with E-state index in [4.69, 9.17) is 14.2 Å². The Morgan fingerprint density at radius 2 is 2.00 bits per heavy atom. The van der Waals surface area contributed by atoms with Crippen molar-refractivity contribution in [1.82, 2.24) is 0 Å². The van der Waals surface area contributed by atoms with Crippen LogP contribution in [0.3, 0.4) is 0 Å². The lowest BCUT2D eigenvalue weighted by Gasteiger charge is -2.23. The Hall–Kier alpha value is -0.940.